The molecule has 20 heavy (non-hydrogen) atoms. The van der Waals surface area contributed by atoms with Crippen molar-refractivity contribution in [2.24, 2.45) is 0 Å². The van der Waals surface area contributed by atoms with E-state index in [2.05, 4.69) is 22.9 Å². The summed E-state index contributed by atoms with van der Waals surface area (Å²) in [4.78, 5) is 11.6. The van der Waals surface area contributed by atoms with E-state index in [0.717, 1.165) is 19.3 Å². The largest absolute Gasteiger partial charge is 0.462 e. The zero-order chi connectivity index (χ0) is 15.0. The van der Waals surface area contributed by atoms with Crippen LogP contribution in [-0.4, -0.2) is 29.1 Å². The van der Waals surface area contributed by atoms with Gasteiger partial charge in [0.15, 0.2) is 0 Å². The summed E-state index contributed by atoms with van der Waals surface area (Å²) in [6.07, 6.45) is 2.58. The van der Waals surface area contributed by atoms with E-state index < -0.39 is 0 Å². The van der Waals surface area contributed by atoms with Crippen LogP contribution in [0.5, 0.6) is 0 Å². The number of halogens is 1. The van der Waals surface area contributed by atoms with Gasteiger partial charge in [0, 0.05) is 5.33 Å². The molecule has 0 spiro atoms. The maximum absolute atomic E-state index is 11.6. The monoisotopic (exact) mass is 342 g/mol. The molecule has 0 aliphatic carbocycles. The van der Waals surface area contributed by atoms with Gasteiger partial charge in [0.2, 0.25) is 0 Å². The summed E-state index contributed by atoms with van der Waals surface area (Å²) < 4.78 is 4.96. The summed E-state index contributed by atoms with van der Waals surface area (Å²) >= 11 is 3.27. The fourth-order valence-corrected chi connectivity index (χ4v) is 2.39. The number of hydrogen-bond donors (Lipinski definition) is 1. The zero-order valence-corrected chi connectivity index (χ0v) is 13.7. The molecule has 1 N–H and O–H groups in total. The molecule has 1 aromatic rings. The van der Waals surface area contributed by atoms with Gasteiger partial charge in [-0.2, -0.15) is 0 Å². The predicted octanol–water partition coefficient (Wildman–Crippen LogP) is 3.89. The summed E-state index contributed by atoms with van der Waals surface area (Å²) in [5.74, 6) is 0.154. The number of benzene rings is 1. The van der Waals surface area contributed by atoms with Crippen LogP contribution in [0.1, 0.15) is 54.9 Å². The van der Waals surface area contributed by atoms with Gasteiger partial charge in [-0.05, 0) is 43.4 Å². The summed E-state index contributed by atoms with van der Waals surface area (Å²) in [5.41, 5.74) is 1.81. The highest BCUT2D eigenvalue weighted by molar-refractivity contribution is 9.09. The Morgan fingerprint density at radius 2 is 1.95 bits per heavy atom. The normalized spacial score (nSPS) is 13.8. The third-order valence-corrected chi connectivity index (χ3v) is 4.09. The number of aliphatic hydroxyl groups is 1. The summed E-state index contributed by atoms with van der Waals surface area (Å²) in [6, 6.07) is 7.60. The zero-order valence-electron chi connectivity index (χ0n) is 12.1. The predicted molar refractivity (Wildman–Crippen MR) is 84.5 cm³/mol. The lowest BCUT2D eigenvalue weighted by atomic mass is 9.94. The van der Waals surface area contributed by atoms with Gasteiger partial charge in [0.1, 0.15) is 0 Å². The molecule has 0 fully saturated rings. The number of carbonyl (C=O) groups is 1. The van der Waals surface area contributed by atoms with Crippen molar-refractivity contribution in [3.63, 3.8) is 0 Å². The Kier molecular flexibility index (Phi) is 7.85. The average Bonchev–Trinajstić information content (AvgIpc) is 2.47. The smallest absolute Gasteiger partial charge is 0.338 e. The van der Waals surface area contributed by atoms with Gasteiger partial charge < -0.3 is 9.84 Å². The lowest BCUT2D eigenvalue weighted by molar-refractivity contribution is 0.0526. The Hall–Kier alpha value is -0.870. The molecule has 0 radical (unpaired) electrons. The minimum Gasteiger partial charge on any atom is -0.462 e. The van der Waals surface area contributed by atoms with E-state index in [1.807, 2.05) is 24.3 Å². The molecule has 0 saturated carbocycles. The Morgan fingerprint density at radius 1 is 1.30 bits per heavy atom. The van der Waals surface area contributed by atoms with Crippen LogP contribution in [0.25, 0.3) is 0 Å². The number of aliphatic hydroxyl groups excluding tert-OH is 1. The lowest BCUT2D eigenvalue weighted by Crippen LogP contribution is -2.08. The van der Waals surface area contributed by atoms with Crippen LogP contribution in [0.3, 0.4) is 0 Å². The summed E-state index contributed by atoms with van der Waals surface area (Å²) in [6.45, 7) is 4.36. The minimum atomic E-state index is -0.271. The number of carbonyl (C=O) groups excluding carboxylic acids is 1. The quantitative estimate of drug-likeness (QED) is 0.575. The molecule has 0 aliphatic heterocycles. The molecule has 0 bridgehead atoms. The van der Waals surface area contributed by atoms with Crippen molar-refractivity contribution in [2.75, 3.05) is 11.9 Å². The topological polar surface area (TPSA) is 46.5 Å². The van der Waals surface area contributed by atoms with Crippen LogP contribution in [0, 0.1) is 0 Å². The highest BCUT2D eigenvalue weighted by Gasteiger charge is 2.10. The van der Waals surface area contributed by atoms with Crippen LogP contribution >= 0.6 is 15.9 Å². The number of rotatable bonds is 8. The first-order valence-corrected chi connectivity index (χ1v) is 8.21. The summed E-state index contributed by atoms with van der Waals surface area (Å²) in [7, 11) is 0. The van der Waals surface area contributed by atoms with Crippen molar-refractivity contribution in [3.8, 4) is 0 Å². The van der Waals surface area contributed by atoms with Crippen LogP contribution in [0.4, 0.5) is 0 Å². The molecule has 0 saturated heterocycles. The maximum Gasteiger partial charge on any atom is 0.338 e. The van der Waals surface area contributed by atoms with Crippen LogP contribution in [0.2, 0.25) is 0 Å². The van der Waals surface area contributed by atoms with Crippen molar-refractivity contribution < 1.29 is 14.6 Å². The van der Waals surface area contributed by atoms with E-state index in [4.69, 9.17) is 4.74 Å². The first-order chi connectivity index (χ1) is 9.58. The van der Waals surface area contributed by atoms with E-state index in [9.17, 15) is 9.90 Å². The molecule has 0 heterocycles. The van der Waals surface area contributed by atoms with Gasteiger partial charge in [-0.15, -0.1) is 0 Å². The van der Waals surface area contributed by atoms with Gasteiger partial charge in [-0.3, -0.25) is 0 Å². The van der Waals surface area contributed by atoms with Crippen molar-refractivity contribution in [1.82, 2.24) is 0 Å². The SMILES string of the molecule is CCOC(=O)c1ccc(C(C)CCCC(O)CBr)cc1. The molecule has 0 aromatic heterocycles. The second kappa shape index (κ2) is 9.14. The molecule has 0 aliphatic rings. The third kappa shape index (κ3) is 5.63. The molecular weight excluding hydrogens is 320 g/mol. The fraction of sp³-hybridized carbons (Fsp3) is 0.562. The van der Waals surface area contributed by atoms with Crippen molar-refractivity contribution in [2.45, 2.75) is 45.1 Å². The van der Waals surface area contributed by atoms with Gasteiger partial charge in [-0.25, -0.2) is 4.79 Å². The first kappa shape index (κ1) is 17.2. The van der Waals surface area contributed by atoms with Crippen LogP contribution in [-0.2, 0) is 4.74 Å². The molecule has 1 rings (SSSR count). The Balaban J connectivity index is 2.49. The molecule has 3 nitrogen and oxygen atoms in total. The van der Waals surface area contributed by atoms with Crippen molar-refractivity contribution in [1.29, 1.82) is 0 Å². The van der Waals surface area contributed by atoms with Crippen LogP contribution < -0.4 is 0 Å². The number of esters is 1. The van der Waals surface area contributed by atoms with E-state index in [1.165, 1.54) is 5.56 Å². The first-order valence-electron chi connectivity index (χ1n) is 7.09. The highest BCUT2D eigenvalue weighted by Crippen LogP contribution is 2.22. The Bertz CT molecular complexity index is 403. The summed E-state index contributed by atoms with van der Waals surface area (Å²) in [5, 5.41) is 10.1. The minimum absolute atomic E-state index is 0.256. The molecular formula is C16H23BrO3. The van der Waals surface area contributed by atoms with Gasteiger partial charge in [0.05, 0.1) is 18.3 Å². The standard InChI is InChI=1S/C16H23BrO3/c1-3-20-16(19)14-9-7-13(8-10-14)12(2)5-4-6-15(18)11-17/h7-10,12,15,18H,3-6,11H2,1-2H3. The number of hydrogen-bond acceptors (Lipinski definition) is 3. The van der Waals surface area contributed by atoms with Crippen molar-refractivity contribution >= 4 is 21.9 Å². The Morgan fingerprint density at radius 3 is 2.50 bits per heavy atom. The van der Waals surface area contributed by atoms with E-state index >= 15 is 0 Å². The maximum atomic E-state index is 11.6. The van der Waals surface area contributed by atoms with Crippen LogP contribution in [0.15, 0.2) is 24.3 Å². The molecule has 1 aromatic carbocycles. The second-order valence-electron chi connectivity index (χ2n) is 4.98. The number of alkyl halides is 1. The molecule has 112 valence electrons. The Labute approximate surface area is 129 Å². The average molecular weight is 343 g/mol. The highest BCUT2D eigenvalue weighted by atomic mass is 79.9. The van der Waals surface area contributed by atoms with E-state index in [1.54, 1.807) is 6.92 Å². The second-order valence-corrected chi connectivity index (χ2v) is 5.63. The number of ether oxygens (including phenoxy) is 1. The van der Waals surface area contributed by atoms with E-state index in [-0.39, 0.29) is 12.1 Å². The van der Waals surface area contributed by atoms with Crippen molar-refractivity contribution in [3.05, 3.63) is 35.4 Å². The van der Waals surface area contributed by atoms with Gasteiger partial charge in [-0.1, -0.05) is 41.4 Å². The third-order valence-electron chi connectivity index (χ3n) is 3.34. The fourth-order valence-electron chi connectivity index (χ4n) is 2.07. The molecule has 0 amide bonds. The van der Waals surface area contributed by atoms with Gasteiger partial charge >= 0.3 is 5.97 Å². The molecule has 4 heteroatoms. The van der Waals surface area contributed by atoms with E-state index in [0.29, 0.717) is 23.4 Å². The lowest BCUT2D eigenvalue weighted by Gasteiger charge is -2.13. The molecule has 2 atom stereocenters. The van der Waals surface area contributed by atoms with Gasteiger partial charge in [0.25, 0.3) is 0 Å². The molecule has 2 unspecified atom stereocenters.